The molecular weight excluding hydrogens is 300 g/mol. The molecule has 1 saturated heterocycles. The lowest BCUT2D eigenvalue weighted by molar-refractivity contribution is -0.139. The van der Waals surface area contributed by atoms with E-state index in [0.717, 1.165) is 32.7 Å². The highest BCUT2D eigenvalue weighted by Crippen LogP contribution is 2.18. The van der Waals surface area contributed by atoms with Crippen molar-refractivity contribution in [3.8, 4) is 0 Å². The highest BCUT2D eigenvalue weighted by molar-refractivity contribution is 5.67. The molecule has 1 N–H and O–H groups in total. The molecule has 0 bridgehead atoms. The van der Waals surface area contributed by atoms with Gasteiger partial charge in [0.15, 0.2) is 0 Å². The van der Waals surface area contributed by atoms with Gasteiger partial charge in [0.1, 0.15) is 0 Å². The van der Waals surface area contributed by atoms with Crippen molar-refractivity contribution < 1.29 is 9.90 Å². The van der Waals surface area contributed by atoms with Crippen molar-refractivity contribution in [2.24, 2.45) is 0 Å². The van der Waals surface area contributed by atoms with Gasteiger partial charge in [-0.1, -0.05) is 60.7 Å². The smallest absolute Gasteiger partial charge is 0.304 e. The molecule has 0 amide bonds. The van der Waals surface area contributed by atoms with Gasteiger partial charge in [0, 0.05) is 38.8 Å². The van der Waals surface area contributed by atoms with Crippen molar-refractivity contribution in [1.29, 1.82) is 0 Å². The molecule has 3 rings (SSSR count). The van der Waals surface area contributed by atoms with Crippen molar-refractivity contribution >= 4 is 5.97 Å². The third-order valence-corrected chi connectivity index (χ3v) is 4.58. The van der Waals surface area contributed by atoms with E-state index in [1.807, 2.05) is 24.3 Å². The summed E-state index contributed by atoms with van der Waals surface area (Å²) >= 11 is 0. The molecule has 1 heterocycles. The number of rotatable bonds is 6. The molecule has 1 fully saturated rings. The van der Waals surface area contributed by atoms with E-state index in [1.165, 1.54) is 11.1 Å². The van der Waals surface area contributed by atoms with E-state index in [9.17, 15) is 9.90 Å². The van der Waals surface area contributed by atoms with Crippen LogP contribution in [0.15, 0.2) is 60.7 Å². The summed E-state index contributed by atoms with van der Waals surface area (Å²) < 4.78 is 0. The van der Waals surface area contributed by atoms with Crippen LogP contribution in [0.4, 0.5) is 0 Å². The average Bonchev–Trinajstić information content (AvgIpc) is 2.59. The fourth-order valence-corrected chi connectivity index (χ4v) is 3.36. The largest absolute Gasteiger partial charge is 0.481 e. The summed E-state index contributed by atoms with van der Waals surface area (Å²) in [6, 6.07) is 20.7. The van der Waals surface area contributed by atoms with Crippen LogP contribution in [0.25, 0.3) is 0 Å². The number of benzene rings is 2. The van der Waals surface area contributed by atoms with E-state index in [1.54, 1.807) is 0 Å². The molecule has 0 saturated carbocycles. The Balaban J connectivity index is 1.65. The zero-order valence-corrected chi connectivity index (χ0v) is 13.8. The van der Waals surface area contributed by atoms with Gasteiger partial charge in [0.25, 0.3) is 0 Å². The molecule has 126 valence electrons. The molecule has 2 aromatic rings. The number of hydrogen-bond acceptors (Lipinski definition) is 3. The summed E-state index contributed by atoms with van der Waals surface area (Å²) in [7, 11) is 0. The second kappa shape index (κ2) is 8.08. The Morgan fingerprint density at radius 3 is 2.08 bits per heavy atom. The molecule has 0 aliphatic carbocycles. The Morgan fingerprint density at radius 2 is 1.50 bits per heavy atom. The summed E-state index contributed by atoms with van der Waals surface area (Å²) in [5, 5.41) is 9.28. The second-order valence-electron chi connectivity index (χ2n) is 6.43. The molecule has 4 nitrogen and oxygen atoms in total. The molecule has 0 aromatic heterocycles. The van der Waals surface area contributed by atoms with Crippen LogP contribution < -0.4 is 0 Å². The first-order valence-electron chi connectivity index (χ1n) is 8.47. The third-order valence-electron chi connectivity index (χ3n) is 4.58. The van der Waals surface area contributed by atoms with Gasteiger partial charge in [0.05, 0.1) is 6.42 Å². The van der Waals surface area contributed by atoms with Gasteiger partial charge in [-0.2, -0.15) is 0 Å². The Bertz CT molecular complexity index is 645. The molecule has 1 atom stereocenters. The zero-order chi connectivity index (χ0) is 16.8. The lowest BCUT2D eigenvalue weighted by Crippen LogP contribution is -2.52. The van der Waals surface area contributed by atoms with Crippen molar-refractivity contribution in [3.05, 3.63) is 71.8 Å². The topological polar surface area (TPSA) is 43.8 Å². The number of carboxylic acids is 1. The van der Waals surface area contributed by atoms with Gasteiger partial charge < -0.3 is 5.11 Å². The fourth-order valence-electron chi connectivity index (χ4n) is 3.36. The summed E-state index contributed by atoms with van der Waals surface area (Å²) in [5.74, 6) is -0.723. The molecule has 4 heteroatoms. The van der Waals surface area contributed by atoms with E-state index in [4.69, 9.17) is 0 Å². The minimum absolute atomic E-state index is 0.0557. The number of carbonyl (C=O) groups is 1. The molecule has 2 aromatic carbocycles. The zero-order valence-electron chi connectivity index (χ0n) is 13.8. The third kappa shape index (κ3) is 4.66. The van der Waals surface area contributed by atoms with Gasteiger partial charge in [-0.25, -0.2) is 0 Å². The lowest BCUT2D eigenvalue weighted by Gasteiger charge is -2.41. The summed E-state index contributed by atoms with van der Waals surface area (Å²) in [5.41, 5.74) is 2.52. The van der Waals surface area contributed by atoms with Crippen LogP contribution in [0, 0.1) is 0 Å². The van der Waals surface area contributed by atoms with Gasteiger partial charge in [0.2, 0.25) is 0 Å². The molecule has 0 radical (unpaired) electrons. The monoisotopic (exact) mass is 324 g/mol. The SMILES string of the molecule is O=C(O)C[C@H]1CN(Cc2ccccc2)CCN1Cc1ccccc1. The number of hydrogen-bond donors (Lipinski definition) is 1. The van der Waals surface area contributed by atoms with Crippen molar-refractivity contribution in [3.63, 3.8) is 0 Å². The first-order valence-corrected chi connectivity index (χ1v) is 8.47. The van der Waals surface area contributed by atoms with Crippen LogP contribution >= 0.6 is 0 Å². The molecule has 24 heavy (non-hydrogen) atoms. The summed E-state index contributed by atoms with van der Waals surface area (Å²) in [4.78, 5) is 16.0. The van der Waals surface area contributed by atoms with E-state index in [-0.39, 0.29) is 12.5 Å². The minimum Gasteiger partial charge on any atom is -0.481 e. The fraction of sp³-hybridized carbons (Fsp3) is 0.350. The summed E-state index contributed by atoms with van der Waals surface area (Å²) in [6.45, 7) is 4.37. The number of nitrogens with zero attached hydrogens (tertiary/aromatic N) is 2. The Labute approximate surface area is 143 Å². The number of aliphatic carboxylic acids is 1. The lowest BCUT2D eigenvalue weighted by atomic mass is 10.1. The Hall–Kier alpha value is -2.17. The average molecular weight is 324 g/mol. The molecule has 0 spiro atoms. The van der Waals surface area contributed by atoms with Crippen molar-refractivity contribution in [1.82, 2.24) is 9.80 Å². The van der Waals surface area contributed by atoms with Gasteiger partial charge in [-0.3, -0.25) is 14.6 Å². The number of piperazine rings is 1. The maximum Gasteiger partial charge on any atom is 0.304 e. The Kier molecular flexibility index (Phi) is 5.62. The molecule has 0 unspecified atom stereocenters. The van der Waals surface area contributed by atoms with E-state index < -0.39 is 5.97 Å². The van der Waals surface area contributed by atoms with Crippen LogP contribution in [0.5, 0.6) is 0 Å². The summed E-state index contributed by atoms with van der Waals surface area (Å²) in [6.07, 6.45) is 0.193. The number of carboxylic acid groups (broad SMARTS) is 1. The second-order valence-corrected chi connectivity index (χ2v) is 6.43. The van der Waals surface area contributed by atoms with Crippen LogP contribution in [0.3, 0.4) is 0 Å². The molecular formula is C20H24N2O2. The van der Waals surface area contributed by atoms with E-state index >= 15 is 0 Å². The van der Waals surface area contributed by atoms with E-state index in [2.05, 4.69) is 46.2 Å². The highest BCUT2D eigenvalue weighted by atomic mass is 16.4. The first-order chi connectivity index (χ1) is 11.7. The molecule has 1 aliphatic heterocycles. The first kappa shape index (κ1) is 16.7. The van der Waals surface area contributed by atoms with Gasteiger partial charge in [-0.15, -0.1) is 0 Å². The van der Waals surface area contributed by atoms with Crippen LogP contribution in [-0.2, 0) is 17.9 Å². The van der Waals surface area contributed by atoms with Crippen LogP contribution in [0.2, 0.25) is 0 Å². The van der Waals surface area contributed by atoms with Gasteiger partial charge >= 0.3 is 5.97 Å². The van der Waals surface area contributed by atoms with Gasteiger partial charge in [-0.05, 0) is 11.1 Å². The van der Waals surface area contributed by atoms with Crippen molar-refractivity contribution in [2.75, 3.05) is 19.6 Å². The predicted octanol–water partition coefficient (Wildman–Crippen LogP) is 2.85. The Morgan fingerprint density at radius 1 is 0.917 bits per heavy atom. The maximum absolute atomic E-state index is 11.3. The van der Waals surface area contributed by atoms with Crippen molar-refractivity contribution in [2.45, 2.75) is 25.6 Å². The normalized spacial score (nSPS) is 19.2. The molecule has 1 aliphatic rings. The minimum atomic E-state index is -0.723. The highest BCUT2D eigenvalue weighted by Gasteiger charge is 2.28. The standard InChI is InChI=1S/C20H24N2O2/c23-20(24)13-19-16-21(14-17-7-3-1-4-8-17)11-12-22(19)15-18-9-5-2-6-10-18/h1-10,19H,11-16H2,(H,23,24)/t19-/m0/s1. The predicted molar refractivity (Wildman–Crippen MR) is 94.6 cm³/mol. The van der Waals surface area contributed by atoms with E-state index in [0.29, 0.717) is 0 Å². The quantitative estimate of drug-likeness (QED) is 0.887. The van der Waals surface area contributed by atoms with Crippen LogP contribution in [0.1, 0.15) is 17.5 Å². The van der Waals surface area contributed by atoms with Crippen LogP contribution in [-0.4, -0.2) is 46.6 Å². The maximum atomic E-state index is 11.3.